The molecule has 0 bridgehead atoms. The van der Waals surface area contributed by atoms with E-state index in [1.165, 1.54) is 5.49 Å². The molecule has 0 aromatic rings. The van der Waals surface area contributed by atoms with Crippen molar-refractivity contribution in [2.45, 2.75) is 26.2 Å². The predicted octanol–water partition coefficient (Wildman–Crippen LogP) is 2.76. The third-order valence-corrected chi connectivity index (χ3v) is 2.61. The van der Waals surface area contributed by atoms with Gasteiger partial charge in [-0.1, -0.05) is 30.4 Å². The average Bonchev–Trinajstić information content (AvgIpc) is 2.40. The van der Waals surface area contributed by atoms with Gasteiger partial charge in [0, 0.05) is 30.2 Å². The number of hydrogen-bond donors (Lipinski definition) is 2. The fraction of sp³-hybridized carbons (Fsp3) is 0.267. The van der Waals surface area contributed by atoms with Crippen LogP contribution in [0, 0.1) is 0 Å². The summed E-state index contributed by atoms with van der Waals surface area (Å²) in [6, 6.07) is 0. The van der Waals surface area contributed by atoms with Crippen LogP contribution in [0.25, 0.3) is 0 Å². The quantitative estimate of drug-likeness (QED) is 0.584. The van der Waals surface area contributed by atoms with Crippen molar-refractivity contribution in [2.75, 3.05) is 0 Å². The van der Waals surface area contributed by atoms with Gasteiger partial charge in [0.1, 0.15) is 0 Å². The molecule has 0 unspecified atom stereocenters. The Hall–Kier alpha value is -2.01. The Kier molecular flexibility index (Phi) is 7.91. The number of nitrogens with zero attached hydrogens (tertiary/aromatic N) is 1. The third kappa shape index (κ3) is 6.80. The second-order valence-corrected chi connectivity index (χ2v) is 4.30. The molecule has 0 saturated carbocycles. The number of amides is 1. The topological polar surface area (TPSA) is 53.5 Å². The van der Waals surface area contributed by atoms with Crippen molar-refractivity contribution >= 4 is 29.8 Å². The Balaban J connectivity index is 2.64. The van der Waals surface area contributed by atoms with Crippen molar-refractivity contribution in [1.29, 1.82) is 0 Å². The van der Waals surface area contributed by atoms with Crippen LogP contribution in [0.5, 0.6) is 0 Å². The van der Waals surface area contributed by atoms with Crippen molar-refractivity contribution in [1.82, 2.24) is 10.6 Å². The highest BCUT2D eigenvalue weighted by atomic mass is 32.1. The Labute approximate surface area is 125 Å². The van der Waals surface area contributed by atoms with Gasteiger partial charge in [-0.15, -0.1) is 0 Å². The van der Waals surface area contributed by atoms with Crippen LogP contribution in [0.3, 0.4) is 0 Å². The van der Waals surface area contributed by atoms with E-state index >= 15 is 0 Å². The van der Waals surface area contributed by atoms with E-state index in [0.29, 0.717) is 6.42 Å². The van der Waals surface area contributed by atoms with Gasteiger partial charge in [0.25, 0.3) is 0 Å². The van der Waals surface area contributed by atoms with Crippen LogP contribution in [-0.4, -0.2) is 17.6 Å². The lowest BCUT2D eigenvalue weighted by molar-refractivity contribution is -0.119. The molecule has 0 spiro atoms. The van der Waals surface area contributed by atoms with Crippen molar-refractivity contribution in [3.8, 4) is 0 Å². The van der Waals surface area contributed by atoms with Crippen LogP contribution in [0.15, 0.2) is 53.0 Å². The van der Waals surface area contributed by atoms with Gasteiger partial charge in [0.05, 0.1) is 5.49 Å². The van der Waals surface area contributed by atoms with Gasteiger partial charge >= 0.3 is 0 Å². The molecule has 0 aromatic carbocycles. The Bertz CT molecular complexity index is 487. The van der Waals surface area contributed by atoms with Crippen molar-refractivity contribution in [3.63, 3.8) is 0 Å². The van der Waals surface area contributed by atoms with Gasteiger partial charge in [-0.05, 0) is 31.9 Å². The zero-order chi connectivity index (χ0) is 14.6. The summed E-state index contributed by atoms with van der Waals surface area (Å²) in [5.74, 6) is -0.0780. The van der Waals surface area contributed by atoms with E-state index in [1.807, 2.05) is 25.2 Å². The number of thiocarbonyl (C=S) groups is 1. The van der Waals surface area contributed by atoms with E-state index in [0.717, 1.165) is 24.2 Å². The molecule has 0 fully saturated rings. The number of aliphatic imine (C=N–C) groups is 1. The molecular formula is C15H19N3OS. The van der Waals surface area contributed by atoms with Crippen LogP contribution < -0.4 is 10.6 Å². The monoisotopic (exact) mass is 289 g/mol. The maximum atomic E-state index is 11.8. The zero-order valence-corrected chi connectivity index (χ0v) is 12.3. The predicted molar refractivity (Wildman–Crippen MR) is 87.4 cm³/mol. The second-order valence-electron chi connectivity index (χ2n) is 4.06. The van der Waals surface area contributed by atoms with Crippen molar-refractivity contribution in [3.05, 3.63) is 48.0 Å². The molecule has 0 radical (unpaired) electrons. The Morgan fingerprint density at radius 2 is 2.40 bits per heavy atom. The van der Waals surface area contributed by atoms with Crippen molar-refractivity contribution < 1.29 is 4.79 Å². The summed E-state index contributed by atoms with van der Waals surface area (Å²) in [7, 11) is 0. The number of nitrogens with one attached hydrogen (secondary N) is 2. The Morgan fingerprint density at radius 3 is 3.15 bits per heavy atom. The van der Waals surface area contributed by atoms with Crippen LogP contribution in [-0.2, 0) is 4.79 Å². The summed E-state index contributed by atoms with van der Waals surface area (Å²) in [6.45, 7) is 1.82. The first-order valence-electron chi connectivity index (χ1n) is 6.46. The fourth-order valence-electron chi connectivity index (χ4n) is 1.60. The average molecular weight is 289 g/mol. The molecule has 1 aliphatic carbocycles. The van der Waals surface area contributed by atoms with Gasteiger partial charge in [0.15, 0.2) is 0 Å². The Morgan fingerprint density at radius 1 is 1.55 bits per heavy atom. The van der Waals surface area contributed by atoms with E-state index in [2.05, 4.69) is 21.7 Å². The molecule has 4 nitrogen and oxygen atoms in total. The molecular weight excluding hydrogens is 270 g/mol. The van der Waals surface area contributed by atoms with E-state index < -0.39 is 0 Å². The fourth-order valence-corrected chi connectivity index (χ4v) is 1.75. The molecule has 20 heavy (non-hydrogen) atoms. The van der Waals surface area contributed by atoms with Gasteiger partial charge in [-0.25, -0.2) is 0 Å². The molecule has 0 atom stereocenters. The lowest BCUT2D eigenvalue weighted by atomic mass is 10.1. The molecule has 1 amide bonds. The normalized spacial score (nSPS) is 22.2. The molecule has 1 aliphatic rings. The molecule has 2 N–H and O–H groups in total. The maximum Gasteiger partial charge on any atom is 0.228 e. The second kappa shape index (κ2) is 9.86. The first kappa shape index (κ1) is 16.0. The van der Waals surface area contributed by atoms with Gasteiger partial charge in [-0.3, -0.25) is 9.79 Å². The SMILES string of the molecule is C/C=N\C=C/CC(=O)NC1=C/C=C\CC/C(NC=S)=C\1. The first-order valence-corrected chi connectivity index (χ1v) is 6.93. The molecule has 1 rings (SSSR count). The largest absolute Gasteiger partial charge is 0.356 e. The van der Waals surface area contributed by atoms with Crippen LogP contribution >= 0.6 is 12.2 Å². The van der Waals surface area contributed by atoms with Crippen molar-refractivity contribution in [2.24, 2.45) is 4.99 Å². The lowest BCUT2D eigenvalue weighted by Gasteiger charge is -2.10. The van der Waals surface area contributed by atoms with Gasteiger partial charge in [-0.2, -0.15) is 0 Å². The van der Waals surface area contributed by atoms with E-state index in [9.17, 15) is 4.79 Å². The highest BCUT2D eigenvalue weighted by Crippen LogP contribution is 2.09. The third-order valence-electron chi connectivity index (χ3n) is 2.49. The summed E-state index contributed by atoms with van der Waals surface area (Å²) in [4.78, 5) is 15.7. The number of carbonyl (C=O) groups excluding carboxylic acids is 1. The van der Waals surface area contributed by atoms with Gasteiger partial charge < -0.3 is 10.6 Å². The number of rotatable bonds is 6. The number of hydrogen-bond acceptors (Lipinski definition) is 3. The summed E-state index contributed by atoms with van der Waals surface area (Å²) in [6.07, 6.45) is 14.9. The summed E-state index contributed by atoms with van der Waals surface area (Å²) < 4.78 is 0. The first-order chi connectivity index (χ1) is 9.76. The van der Waals surface area contributed by atoms with Crippen LogP contribution in [0.4, 0.5) is 0 Å². The summed E-state index contributed by atoms with van der Waals surface area (Å²) >= 11 is 4.80. The van der Waals surface area contributed by atoms with E-state index in [-0.39, 0.29) is 5.91 Å². The molecule has 0 aromatic heterocycles. The highest BCUT2D eigenvalue weighted by Gasteiger charge is 2.03. The van der Waals surface area contributed by atoms with E-state index in [1.54, 1.807) is 18.5 Å². The summed E-state index contributed by atoms with van der Waals surface area (Å²) in [5, 5.41) is 5.86. The molecule has 5 heteroatoms. The minimum Gasteiger partial charge on any atom is -0.356 e. The molecule has 106 valence electrons. The number of allylic oxidation sites excluding steroid dienone is 5. The molecule has 0 saturated heterocycles. The smallest absolute Gasteiger partial charge is 0.228 e. The summed E-state index contributed by atoms with van der Waals surface area (Å²) in [5.41, 5.74) is 3.21. The minimum atomic E-state index is -0.0780. The van der Waals surface area contributed by atoms with Crippen LogP contribution in [0.1, 0.15) is 26.2 Å². The zero-order valence-electron chi connectivity index (χ0n) is 11.5. The van der Waals surface area contributed by atoms with E-state index in [4.69, 9.17) is 12.2 Å². The lowest BCUT2D eigenvalue weighted by Crippen LogP contribution is -2.22. The molecule has 0 aliphatic heterocycles. The van der Waals surface area contributed by atoms with Gasteiger partial charge in [0.2, 0.25) is 5.91 Å². The van der Waals surface area contributed by atoms with Crippen LogP contribution in [0.2, 0.25) is 0 Å². The maximum absolute atomic E-state index is 11.8. The molecule has 0 heterocycles. The highest BCUT2D eigenvalue weighted by molar-refractivity contribution is 7.78. The standard InChI is InChI=1S/C15H19N3OS/c1-2-16-10-6-9-15(19)18-14-8-5-3-4-7-13(11-14)17-12-20/h2-3,5-6,8,10-12H,4,7,9H2,1H3,(H,17,20)(H,18,19)/b5-3-,10-6-,13-11+,14-8+,16-2-. The minimum absolute atomic E-state index is 0.0780. The number of carbonyl (C=O) groups is 1.